The van der Waals surface area contributed by atoms with Gasteiger partial charge in [-0.15, -0.1) is 11.3 Å². The van der Waals surface area contributed by atoms with Crippen LogP contribution in [0.2, 0.25) is 0 Å². The third kappa shape index (κ3) is 3.34. The summed E-state index contributed by atoms with van der Waals surface area (Å²) in [4.78, 5) is 21.9. The van der Waals surface area contributed by atoms with Gasteiger partial charge in [0.2, 0.25) is 0 Å². The standard InChI is InChI=1S/C12H10BrN3O3S/c13-10-5-9(11(20-10)12(14)17)15-6-7-2-1-3-8(4-7)16(18)19/h1-5,15H,6H2,(H2,14,17). The number of carbonyl (C=O) groups is 1. The van der Waals surface area contributed by atoms with E-state index < -0.39 is 10.8 Å². The van der Waals surface area contributed by atoms with E-state index in [0.717, 1.165) is 9.35 Å². The molecule has 0 spiro atoms. The molecule has 0 saturated carbocycles. The summed E-state index contributed by atoms with van der Waals surface area (Å²) in [6, 6.07) is 8.05. The zero-order valence-corrected chi connectivity index (χ0v) is 12.5. The van der Waals surface area contributed by atoms with Crippen molar-refractivity contribution < 1.29 is 9.72 Å². The number of nitrogens with zero attached hydrogens (tertiary/aromatic N) is 1. The van der Waals surface area contributed by atoms with Gasteiger partial charge in [-0.3, -0.25) is 14.9 Å². The van der Waals surface area contributed by atoms with E-state index >= 15 is 0 Å². The van der Waals surface area contributed by atoms with Crippen molar-refractivity contribution >= 4 is 44.5 Å². The van der Waals surface area contributed by atoms with Crippen LogP contribution < -0.4 is 11.1 Å². The molecule has 8 heteroatoms. The minimum absolute atomic E-state index is 0.0333. The molecule has 0 fully saturated rings. The maximum Gasteiger partial charge on any atom is 0.269 e. The fourth-order valence-electron chi connectivity index (χ4n) is 1.65. The Morgan fingerprint density at radius 1 is 1.45 bits per heavy atom. The van der Waals surface area contributed by atoms with Crippen molar-refractivity contribution in [2.24, 2.45) is 5.73 Å². The van der Waals surface area contributed by atoms with E-state index in [1.54, 1.807) is 18.2 Å². The Balaban J connectivity index is 2.15. The molecule has 6 nitrogen and oxygen atoms in total. The van der Waals surface area contributed by atoms with Gasteiger partial charge < -0.3 is 11.1 Å². The molecule has 20 heavy (non-hydrogen) atoms. The third-order valence-corrected chi connectivity index (χ3v) is 4.18. The first-order chi connectivity index (χ1) is 9.47. The van der Waals surface area contributed by atoms with E-state index in [4.69, 9.17) is 5.73 Å². The van der Waals surface area contributed by atoms with Crippen molar-refractivity contribution in [2.45, 2.75) is 6.54 Å². The highest BCUT2D eigenvalue weighted by atomic mass is 79.9. The molecular formula is C12H10BrN3O3S. The number of primary amides is 1. The zero-order chi connectivity index (χ0) is 14.7. The van der Waals surface area contributed by atoms with Crippen LogP contribution in [-0.4, -0.2) is 10.8 Å². The van der Waals surface area contributed by atoms with Gasteiger partial charge in [-0.2, -0.15) is 0 Å². The van der Waals surface area contributed by atoms with Crippen molar-refractivity contribution in [1.82, 2.24) is 0 Å². The maximum absolute atomic E-state index is 11.3. The minimum atomic E-state index is -0.512. The van der Waals surface area contributed by atoms with E-state index in [-0.39, 0.29) is 5.69 Å². The summed E-state index contributed by atoms with van der Waals surface area (Å²) in [5.41, 5.74) is 6.67. The quantitative estimate of drug-likeness (QED) is 0.635. The van der Waals surface area contributed by atoms with Gasteiger partial charge in [-0.05, 0) is 27.6 Å². The molecule has 0 atom stereocenters. The molecule has 2 rings (SSSR count). The van der Waals surface area contributed by atoms with Crippen LogP contribution >= 0.6 is 27.3 Å². The molecule has 3 N–H and O–H groups in total. The number of nitrogens with one attached hydrogen (secondary N) is 1. The number of anilines is 1. The van der Waals surface area contributed by atoms with Gasteiger partial charge in [0.25, 0.3) is 11.6 Å². The van der Waals surface area contributed by atoms with Gasteiger partial charge in [0.1, 0.15) is 4.88 Å². The number of nitro groups is 1. The summed E-state index contributed by atoms with van der Waals surface area (Å²) in [7, 11) is 0. The van der Waals surface area contributed by atoms with Crippen LogP contribution in [0.3, 0.4) is 0 Å². The van der Waals surface area contributed by atoms with E-state index in [1.165, 1.54) is 23.5 Å². The van der Waals surface area contributed by atoms with Crippen LogP contribution in [0.15, 0.2) is 34.1 Å². The number of amides is 1. The Labute approximate surface area is 126 Å². The number of rotatable bonds is 5. The molecule has 0 aliphatic heterocycles. The van der Waals surface area contributed by atoms with Crippen LogP contribution in [0.5, 0.6) is 0 Å². The normalized spacial score (nSPS) is 10.2. The highest BCUT2D eigenvalue weighted by Gasteiger charge is 2.13. The molecule has 1 aromatic heterocycles. The fraction of sp³-hybridized carbons (Fsp3) is 0.0833. The molecule has 1 heterocycles. The molecule has 0 unspecified atom stereocenters. The average molecular weight is 356 g/mol. The van der Waals surface area contributed by atoms with Crippen LogP contribution in [0, 0.1) is 10.1 Å². The summed E-state index contributed by atoms with van der Waals surface area (Å²) in [6.07, 6.45) is 0. The van der Waals surface area contributed by atoms with E-state index in [9.17, 15) is 14.9 Å². The van der Waals surface area contributed by atoms with Crippen molar-refractivity contribution in [3.05, 3.63) is 54.7 Å². The third-order valence-electron chi connectivity index (χ3n) is 2.53. The molecule has 104 valence electrons. The first-order valence-electron chi connectivity index (χ1n) is 5.53. The topological polar surface area (TPSA) is 98.3 Å². The maximum atomic E-state index is 11.3. The summed E-state index contributed by atoms with van der Waals surface area (Å²) in [6.45, 7) is 0.366. The van der Waals surface area contributed by atoms with Crippen LogP contribution in [0.25, 0.3) is 0 Å². The molecule has 1 amide bonds. The van der Waals surface area contributed by atoms with Gasteiger partial charge in [-0.1, -0.05) is 12.1 Å². The van der Waals surface area contributed by atoms with Crippen molar-refractivity contribution in [1.29, 1.82) is 0 Å². The lowest BCUT2D eigenvalue weighted by molar-refractivity contribution is -0.384. The first kappa shape index (κ1) is 14.5. The SMILES string of the molecule is NC(=O)c1sc(Br)cc1NCc1cccc([N+](=O)[O-])c1. The lowest BCUT2D eigenvalue weighted by Gasteiger charge is -2.06. The second kappa shape index (κ2) is 6.02. The minimum Gasteiger partial charge on any atom is -0.380 e. The fourth-order valence-corrected chi connectivity index (χ4v) is 3.08. The van der Waals surface area contributed by atoms with Gasteiger partial charge >= 0.3 is 0 Å². The lowest BCUT2D eigenvalue weighted by Crippen LogP contribution is -2.11. The molecule has 2 aromatic rings. The highest BCUT2D eigenvalue weighted by Crippen LogP contribution is 2.31. The summed E-state index contributed by atoms with van der Waals surface area (Å²) in [5.74, 6) is -0.512. The first-order valence-corrected chi connectivity index (χ1v) is 7.14. The van der Waals surface area contributed by atoms with Gasteiger partial charge in [0.15, 0.2) is 0 Å². The second-order valence-electron chi connectivity index (χ2n) is 3.94. The van der Waals surface area contributed by atoms with E-state index in [2.05, 4.69) is 21.2 Å². The number of benzene rings is 1. The van der Waals surface area contributed by atoms with Crippen LogP contribution in [-0.2, 0) is 6.54 Å². The molecular weight excluding hydrogens is 346 g/mol. The van der Waals surface area contributed by atoms with E-state index in [0.29, 0.717) is 17.1 Å². The molecule has 1 aromatic carbocycles. The Hall–Kier alpha value is -1.93. The number of hydrogen-bond donors (Lipinski definition) is 2. The van der Waals surface area contributed by atoms with Crippen LogP contribution in [0.1, 0.15) is 15.2 Å². The van der Waals surface area contributed by atoms with E-state index in [1.807, 2.05) is 0 Å². The van der Waals surface area contributed by atoms with Gasteiger partial charge in [-0.25, -0.2) is 0 Å². The number of non-ortho nitro benzene ring substituents is 1. The number of hydrogen-bond acceptors (Lipinski definition) is 5. The molecule has 0 saturated heterocycles. The highest BCUT2D eigenvalue weighted by molar-refractivity contribution is 9.11. The Bertz CT molecular complexity index is 672. The molecule has 0 radical (unpaired) electrons. The monoisotopic (exact) mass is 355 g/mol. The Kier molecular flexibility index (Phi) is 4.35. The molecule has 0 aliphatic carbocycles. The number of nitrogens with two attached hydrogens (primary N) is 1. The van der Waals surface area contributed by atoms with Crippen molar-refractivity contribution in [3.63, 3.8) is 0 Å². The molecule has 0 aliphatic rings. The summed E-state index contributed by atoms with van der Waals surface area (Å²) < 4.78 is 0.785. The number of carbonyl (C=O) groups excluding carboxylic acids is 1. The van der Waals surface area contributed by atoms with Gasteiger partial charge in [0, 0.05) is 18.7 Å². The van der Waals surface area contributed by atoms with Crippen molar-refractivity contribution in [3.8, 4) is 0 Å². The second-order valence-corrected chi connectivity index (χ2v) is 6.37. The molecule has 0 bridgehead atoms. The summed E-state index contributed by atoms with van der Waals surface area (Å²) in [5, 5.41) is 13.7. The Morgan fingerprint density at radius 3 is 2.85 bits per heavy atom. The smallest absolute Gasteiger partial charge is 0.269 e. The number of thiophene rings is 1. The lowest BCUT2D eigenvalue weighted by atomic mass is 10.2. The van der Waals surface area contributed by atoms with Crippen LogP contribution in [0.4, 0.5) is 11.4 Å². The predicted molar refractivity (Wildman–Crippen MR) is 81.0 cm³/mol. The van der Waals surface area contributed by atoms with Crippen molar-refractivity contribution in [2.75, 3.05) is 5.32 Å². The summed E-state index contributed by atoms with van der Waals surface area (Å²) >= 11 is 4.53. The largest absolute Gasteiger partial charge is 0.380 e. The zero-order valence-electron chi connectivity index (χ0n) is 10.1. The average Bonchev–Trinajstić information content (AvgIpc) is 2.78. The predicted octanol–water partition coefficient (Wildman–Crippen LogP) is 3.13. The Morgan fingerprint density at radius 2 is 2.20 bits per heavy atom. The number of halogens is 1. The van der Waals surface area contributed by atoms with Gasteiger partial charge in [0.05, 0.1) is 14.4 Å². The number of nitro benzene ring substituents is 1.